The van der Waals surface area contributed by atoms with E-state index in [2.05, 4.69) is 38.0 Å². The van der Waals surface area contributed by atoms with Crippen LogP contribution in [0.4, 0.5) is 5.82 Å². The number of likely N-dealkylation sites (tertiary alicyclic amines) is 1. The number of anilines is 1. The Kier molecular flexibility index (Phi) is 4.98. The number of amides is 1. The van der Waals surface area contributed by atoms with E-state index in [-0.39, 0.29) is 11.3 Å². The van der Waals surface area contributed by atoms with E-state index in [1.165, 1.54) is 23.1 Å². The molecule has 0 unspecified atom stereocenters. The van der Waals surface area contributed by atoms with Crippen molar-refractivity contribution in [3.63, 3.8) is 0 Å². The molecule has 4 heterocycles. The molecular formula is C27H29N5O2. The Labute approximate surface area is 199 Å². The smallest absolute Gasteiger partial charge is 0.225 e. The van der Waals surface area contributed by atoms with Crippen molar-refractivity contribution < 1.29 is 9.53 Å². The maximum absolute atomic E-state index is 12.9. The molecule has 3 aliphatic rings. The van der Waals surface area contributed by atoms with Crippen molar-refractivity contribution in [3.8, 4) is 11.8 Å². The third-order valence-electron chi connectivity index (χ3n) is 8.14. The Balaban J connectivity index is 1.38. The summed E-state index contributed by atoms with van der Waals surface area (Å²) in [6.07, 6.45) is 6.80. The first-order valence-corrected chi connectivity index (χ1v) is 12.2. The fourth-order valence-corrected chi connectivity index (χ4v) is 6.05. The quantitative estimate of drug-likeness (QED) is 0.642. The Bertz CT molecular complexity index is 1280. The Morgan fingerprint density at radius 3 is 2.71 bits per heavy atom. The summed E-state index contributed by atoms with van der Waals surface area (Å²) in [5, 5.41) is 10.4. The first kappa shape index (κ1) is 21.0. The number of methoxy groups -OCH3 is 1. The van der Waals surface area contributed by atoms with Gasteiger partial charge in [-0.25, -0.2) is 4.98 Å². The number of aromatic amines is 1. The minimum Gasteiger partial charge on any atom is -0.497 e. The van der Waals surface area contributed by atoms with Crippen LogP contribution in [0, 0.1) is 17.2 Å². The number of fused-ring (bicyclic) bond motifs is 4. The number of H-pyrrole nitrogens is 1. The van der Waals surface area contributed by atoms with Crippen molar-refractivity contribution in [3.05, 3.63) is 53.3 Å². The number of aromatic nitrogens is 2. The number of rotatable bonds is 3. The van der Waals surface area contributed by atoms with Crippen molar-refractivity contribution in [2.45, 2.75) is 44.1 Å². The highest BCUT2D eigenvalue weighted by Crippen LogP contribution is 2.47. The molecule has 0 atom stereocenters. The summed E-state index contributed by atoms with van der Waals surface area (Å²) >= 11 is 0. The number of nitrogens with one attached hydrogen (secondary N) is 1. The molecule has 1 aliphatic carbocycles. The largest absolute Gasteiger partial charge is 0.497 e. The number of nitriles is 1. The third-order valence-corrected chi connectivity index (χ3v) is 8.14. The molecule has 34 heavy (non-hydrogen) atoms. The van der Waals surface area contributed by atoms with E-state index in [1.54, 1.807) is 13.3 Å². The van der Waals surface area contributed by atoms with Gasteiger partial charge in [0.2, 0.25) is 5.91 Å². The second-order valence-corrected chi connectivity index (χ2v) is 10.00. The maximum Gasteiger partial charge on any atom is 0.225 e. The minimum absolute atomic E-state index is 0.0631. The molecule has 2 fully saturated rings. The molecular weight excluding hydrogens is 426 g/mol. The van der Waals surface area contributed by atoms with Crippen LogP contribution < -0.4 is 9.64 Å². The van der Waals surface area contributed by atoms with Crippen LogP contribution in [0.25, 0.3) is 10.9 Å². The molecule has 174 valence electrons. The average Bonchev–Trinajstić information content (AvgIpc) is 3.22. The van der Waals surface area contributed by atoms with E-state index < -0.39 is 0 Å². The van der Waals surface area contributed by atoms with Gasteiger partial charge in [-0.3, -0.25) is 4.79 Å². The second kappa shape index (κ2) is 8.05. The Morgan fingerprint density at radius 1 is 1.24 bits per heavy atom. The van der Waals surface area contributed by atoms with Gasteiger partial charge in [0.05, 0.1) is 19.2 Å². The summed E-state index contributed by atoms with van der Waals surface area (Å²) in [6.45, 7) is 3.18. The fourth-order valence-electron chi connectivity index (χ4n) is 6.05. The number of pyridine rings is 1. The van der Waals surface area contributed by atoms with E-state index in [4.69, 9.17) is 4.74 Å². The van der Waals surface area contributed by atoms with Crippen LogP contribution in [0.2, 0.25) is 0 Å². The molecule has 2 aliphatic heterocycles. The first-order chi connectivity index (χ1) is 16.6. The van der Waals surface area contributed by atoms with Gasteiger partial charge in [-0.15, -0.1) is 0 Å². The number of benzene rings is 1. The Hall–Kier alpha value is -3.53. The van der Waals surface area contributed by atoms with Crippen molar-refractivity contribution in [1.29, 1.82) is 5.26 Å². The van der Waals surface area contributed by atoms with Gasteiger partial charge in [0.15, 0.2) is 0 Å². The fraction of sp³-hybridized carbons (Fsp3) is 0.444. The monoisotopic (exact) mass is 455 g/mol. The summed E-state index contributed by atoms with van der Waals surface area (Å²) in [5.41, 5.74) is 4.19. The van der Waals surface area contributed by atoms with Crippen LogP contribution in [-0.4, -0.2) is 47.5 Å². The standard InChI is InChI=1S/C27H29N5O2/c1-34-20-6-7-21-22(13-20)30-23-16-32(24-8-5-18(14-28)15-29-24)17-27(25(21)23)9-11-31(12-10-27)26(33)19-3-2-4-19/h5-8,13,15,19,30H,2-4,9-12,16-17H2,1H3. The van der Waals surface area contributed by atoms with Gasteiger partial charge in [-0.2, -0.15) is 5.26 Å². The summed E-state index contributed by atoms with van der Waals surface area (Å²) < 4.78 is 5.47. The highest BCUT2D eigenvalue weighted by Gasteiger charge is 2.46. The number of hydrogen-bond acceptors (Lipinski definition) is 5. The number of piperidine rings is 1. The molecule has 1 saturated heterocycles. The van der Waals surface area contributed by atoms with E-state index in [0.29, 0.717) is 11.5 Å². The lowest BCUT2D eigenvalue weighted by Gasteiger charge is -2.48. The zero-order chi connectivity index (χ0) is 23.3. The lowest BCUT2D eigenvalue weighted by Crippen LogP contribution is -2.54. The lowest BCUT2D eigenvalue weighted by molar-refractivity contribution is -0.139. The van der Waals surface area contributed by atoms with Crippen LogP contribution in [0.15, 0.2) is 36.5 Å². The Morgan fingerprint density at radius 2 is 2.06 bits per heavy atom. The predicted octanol–water partition coefficient (Wildman–Crippen LogP) is 4.12. The molecule has 3 aromatic rings. The van der Waals surface area contributed by atoms with Crippen LogP contribution in [0.3, 0.4) is 0 Å². The van der Waals surface area contributed by atoms with Gasteiger partial charge < -0.3 is 19.5 Å². The van der Waals surface area contributed by atoms with Gasteiger partial charge in [0.25, 0.3) is 0 Å². The molecule has 1 aromatic carbocycles. The number of carbonyl (C=O) groups is 1. The zero-order valence-electron chi connectivity index (χ0n) is 19.5. The van der Waals surface area contributed by atoms with Crippen molar-refractivity contribution in [1.82, 2.24) is 14.9 Å². The minimum atomic E-state index is -0.0631. The van der Waals surface area contributed by atoms with E-state index >= 15 is 0 Å². The second-order valence-electron chi connectivity index (χ2n) is 10.00. The van der Waals surface area contributed by atoms with Crippen LogP contribution in [0.1, 0.15) is 48.9 Å². The molecule has 1 spiro atoms. The summed E-state index contributed by atoms with van der Waals surface area (Å²) in [6, 6.07) is 12.2. The summed E-state index contributed by atoms with van der Waals surface area (Å²) in [4.78, 5) is 25.6. The third kappa shape index (κ3) is 3.32. The number of ether oxygens (including phenoxy) is 1. The van der Waals surface area contributed by atoms with E-state index in [0.717, 1.165) is 68.9 Å². The van der Waals surface area contributed by atoms with Gasteiger partial charge in [-0.05, 0) is 55.5 Å². The SMILES string of the molecule is COc1ccc2c3c([nH]c2c1)CN(c1ccc(C#N)cn1)CC31CCN(C(=O)C2CCC2)CC1. The predicted molar refractivity (Wildman–Crippen MR) is 130 cm³/mol. The summed E-state index contributed by atoms with van der Waals surface area (Å²) in [7, 11) is 1.69. The van der Waals surface area contributed by atoms with Crippen molar-refractivity contribution >= 4 is 22.6 Å². The van der Waals surface area contributed by atoms with Crippen LogP contribution >= 0.6 is 0 Å². The van der Waals surface area contributed by atoms with Gasteiger partial charge in [-0.1, -0.05) is 6.42 Å². The molecule has 1 amide bonds. The van der Waals surface area contributed by atoms with E-state index in [1.807, 2.05) is 18.2 Å². The molecule has 2 aromatic heterocycles. The number of nitrogens with zero attached hydrogens (tertiary/aromatic N) is 4. The van der Waals surface area contributed by atoms with Gasteiger partial charge in [0, 0.05) is 59.8 Å². The zero-order valence-corrected chi connectivity index (χ0v) is 19.5. The van der Waals surface area contributed by atoms with Crippen molar-refractivity contribution in [2.24, 2.45) is 5.92 Å². The van der Waals surface area contributed by atoms with Gasteiger partial charge >= 0.3 is 0 Å². The molecule has 7 nitrogen and oxygen atoms in total. The highest BCUT2D eigenvalue weighted by atomic mass is 16.5. The van der Waals surface area contributed by atoms with Crippen LogP contribution in [-0.2, 0) is 16.8 Å². The average molecular weight is 456 g/mol. The highest BCUT2D eigenvalue weighted by molar-refractivity contribution is 5.88. The molecule has 1 saturated carbocycles. The normalized spacial score (nSPS) is 19.5. The molecule has 7 heteroatoms. The van der Waals surface area contributed by atoms with E-state index in [9.17, 15) is 10.1 Å². The van der Waals surface area contributed by atoms with Gasteiger partial charge in [0.1, 0.15) is 17.6 Å². The summed E-state index contributed by atoms with van der Waals surface area (Å²) in [5.74, 6) is 2.32. The topological polar surface area (TPSA) is 85.2 Å². The molecule has 0 bridgehead atoms. The first-order valence-electron chi connectivity index (χ1n) is 12.2. The lowest BCUT2D eigenvalue weighted by atomic mass is 9.69. The van der Waals surface area contributed by atoms with Crippen molar-refractivity contribution in [2.75, 3.05) is 31.6 Å². The molecule has 0 radical (unpaired) electrons. The van der Waals surface area contributed by atoms with Crippen LogP contribution in [0.5, 0.6) is 5.75 Å². The maximum atomic E-state index is 12.9. The number of hydrogen-bond donors (Lipinski definition) is 1. The molecule has 1 N–H and O–H groups in total. The number of carbonyl (C=O) groups excluding carboxylic acids is 1. The molecule has 6 rings (SSSR count).